The van der Waals surface area contributed by atoms with Crippen molar-refractivity contribution in [2.45, 2.75) is 19.9 Å². The van der Waals surface area contributed by atoms with Crippen molar-refractivity contribution in [2.75, 3.05) is 7.11 Å². The van der Waals surface area contributed by atoms with Crippen LogP contribution in [-0.2, 0) is 0 Å². The first-order valence-corrected chi connectivity index (χ1v) is 6.29. The minimum absolute atomic E-state index is 0.407. The van der Waals surface area contributed by atoms with Crippen LogP contribution < -0.4 is 16.0 Å². The first-order chi connectivity index (χ1) is 9.60. The lowest BCUT2D eigenvalue weighted by molar-refractivity contribution is 0.399. The molecule has 0 radical (unpaired) electrons. The topological polar surface area (TPSA) is 60.2 Å². The summed E-state index contributed by atoms with van der Waals surface area (Å²) in [6, 6.07) is 4.98. The summed E-state index contributed by atoms with van der Waals surface area (Å²) in [5.41, 5.74) is 6.00. The fourth-order valence-electron chi connectivity index (χ4n) is 2.28. The number of methoxy groups -OCH3 is 1. The largest absolute Gasteiger partial charge is 0.496 e. The van der Waals surface area contributed by atoms with Crippen LogP contribution in [0.1, 0.15) is 28.3 Å². The maximum absolute atomic E-state index is 13.9. The van der Waals surface area contributed by atoms with Crippen molar-refractivity contribution in [1.82, 2.24) is 10.4 Å². The third kappa shape index (κ3) is 2.50. The molecule has 106 valence electrons. The van der Waals surface area contributed by atoms with Crippen molar-refractivity contribution in [2.24, 2.45) is 5.84 Å². The van der Waals surface area contributed by atoms with Gasteiger partial charge in [-0.2, -0.15) is 0 Å². The van der Waals surface area contributed by atoms with E-state index in [2.05, 4.69) is 10.4 Å². The van der Waals surface area contributed by atoms with Gasteiger partial charge in [0.05, 0.1) is 19.3 Å². The zero-order valence-electron chi connectivity index (χ0n) is 11.8. The van der Waals surface area contributed by atoms with E-state index in [4.69, 9.17) is 10.6 Å². The van der Waals surface area contributed by atoms with E-state index in [-0.39, 0.29) is 0 Å². The standard InChI is InChI=1S/C15H18FN3O/c1-9-4-5-12(15(20-3)10(9)2)14(19-17)11-6-7-18-8-13(11)16/h4-8,14,19H,17H2,1-3H3. The zero-order chi connectivity index (χ0) is 14.7. The van der Waals surface area contributed by atoms with Crippen LogP contribution in [0.2, 0.25) is 0 Å². The number of hydrogen-bond donors (Lipinski definition) is 2. The first-order valence-electron chi connectivity index (χ1n) is 6.29. The van der Waals surface area contributed by atoms with Gasteiger partial charge in [0.25, 0.3) is 0 Å². The molecule has 0 saturated carbocycles. The summed E-state index contributed by atoms with van der Waals surface area (Å²) in [7, 11) is 1.60. The summed E-state index contributed by atoms with van der Waals surface area (Å²) in [4.78, 5) is 3.75. The predicted octanol–water partition coefficient (Wildman–Crippen LogP) is 2.40. The number of rotatable bonds is 4. The van der Waals surface area contributed by atoms with E-state index in [1.165, 1.54) is 12.4 Å². The molecule has 20 heavy (non-hydrogen) atoms. The quantitative estimate of drug-likeness (QED) is 0.664. The van der Waals surface area contributed by atoms with Gasteiger partial charge in [-0.3, -0.25) is 10.8 Å². The second kappa shape index (κ2) is 5.98. The molecule has 5 heteroatoms. The Bertz CT molecular complexity index is 616. The van der Waals surface area contributed by atoms with Crippen LogP contribution >= 0.6 is 0 Å². The molecule has 1 aromatic carbocycles. The van der Waals surface area contributed by atoms with Gasteiger partial charge in [-0.25, -0.2) is 9.82 Å². The molecular weight excluding hydrogens is 257 g/mol. The normalized spacial score (nSPS) is 12.2. The van der Waals surface area contributed by atoms with Gasteiger partial charge in [0, 0.05) is 17.3 Å². The molecule has 1 aromatic heterocycles. The number of halogens is 1. The number of nitrogens with two attached hydrogens (primary N) is 1. The molecule has 0 spiro atoms. The number of nitrogens with zero attached hydrogens (tertiary/aromatic N) is 1. The molecule has 2 rings (SSSR count). The molecule has 4 nitrogen and oxygen atoms in total. The van der Waals surface area contributed by atoms with Crippen molar-refractivity contribution >= 4 is 0 Å². The minimum atomic E-state index is -0.493. The summed E-state index contributed by atoms with van der Waals surface area (Å²) < 4.78 is 19.4. The molecular formula is C15H18FN3O. The lowest BCUT2D eigenvalue weighted by Gasteiger charge is -2.22. The smallest absolute Gasteiger partial charge is 0.146 e. The van der Waals surface area contributed by atoms with Crippen molar-refractivity contribution in [3.8, 4) is 5.75 Å². The van der Waals surface area contributed by atoms with Gasteiger partial charge < -0.3 is 4.74 Å². The number of ether oxygens (including phenoxy) is 1. The van der Waals surface area contributed by atoms with Crippen LogP contribution in [0.15, 0.2) is 30.6 Å². The molecule has 0 saturated heterocycles. The molecule has 0 fully saturated rings. The fourth-order valence-corrected chi connectivity index (χ4v) is 2.28. The highest BCUT2D eigenvalue weighted by Crippen LogP contribution is 2.34. The monoisotopic (exact) mass is 275 g/mol. The Labute approximate surface area is 117 Å². The molecule has 0 bridgehead atoms. The molecule has 2 aromatic rings. The Morgan fingerprint density at radius 2 is 2.00 bits per heavy atom. The van der Waals surface area contributed by atoms with E-state index in [0.29, 0.717) is 11.3 Å². The van der Waals surface area contributed by atoms with Gasteiger partial charge in [0.15, 0.2) is 0 Å². The van der Waals surface area contributed by atoms with E-state index in [1.54, 1.807) is 13.2 Å². The number of benzene rings is 1. The van der Waals surface area contributed by atoms with Gasteiger partial charge in [-0.15, -0.1) is 0 Å². The van der Waals surface area contributed by atoms with Crippen LogP contribution in [-0.4, -0.2) is 12.1 Å². The molecule has 0 aliphatic rings. The highest BCUT2D eigenvalue weighted by Gasteiger charge is 2.21. The summed E-state index contributed by atoms with van der Waals surface area (Å²) >= 11 is 0. The van der Waals surface area contributed by atoms with E-state index in [1.807, 2.05) is 26.0 Å². The number of pyridine rings is 1. The number of aryl methyl sites for hydroxylation is 1. The Kier molecular flexibility index (Phi) is 4.32. The summed E-state index contributed by atoms with van der Waals surface area (Å²) in [6.07, 6.45) is 2.71. The molecule has 0 aliphatic heterocycles. The molecule has 1 heterocycles. The molecule has 1 unspecified atom stereocenters. The van der Waals surface area contributed by atoms with E-state index in [9.17, 15) is 4.39 Å². The lowest BCUT2D eigenvalue weighted by Crippen LogP contribution is -2.30. The Morgan fingerprint density at radius 1 is 1.25 bits per heavy atom. The van der Waals surface area contributed by atoms with Gasteiger partial charge in [0.1, 0.15) is 11.6 Å². The summed E-state index contributed by atoms with van der Waals surface area (Å²) in [5.74, 6) is 5.93. The SMILES string of the molecule is COc1c(C(NN)c2ccncc2F)ccc(C)c1C. The minimum Gasteiger partial charge on any atom is -0.496 e. The van der Waals surface area contributed by atoms with Crippen LogP contribution in [0.3, 0.4) is 0 Å². The fraction of sp³-hybridized carbons (Fsp3) is 0.267. The molecule has 0 amide bonds. The predicted molar refractivity (Wildman–Crippen MR) is 75.8 cm³/mol. The molecule has 0 aliphatic carbocycles. The van der Waals surface area contributed by atoms with Crippen LogP contribution in [0.4, 0.5) is 4.39 Å². The Morgan fingerprint density at radius 3 is 2.60 bits per heavy atom. The Balaban J connectivity index is 2.59. The molecule has 3 N–H and O–H groups in total. The number of hydrazine groups is 1. The van der Waals surface area contributed by atoms with Gasteiger partial charge in [0.2, 0.25) is 0 Å². The molecule has 1 atom stereocenters. The highest BCUT2D eigenvalue weighted by molar-refractivity contribution is 5.49. The van der Waals surface area contributed by atoms with Gasteiger partial charge in [-0.1, -0.05) is 12.1 Å². The van der Waals surface area contributed by atoms with Crippen molar-refractivity contribution in [3.05, 3.63) is 58.7 Å². The van der Waals surface area contributed by atoms with Gasteiger partial charge in [-0.05, 0) is 31.0 Å². The third-order valence-corrected chi connectivity index (χ3v) is 3.50. The van der Waals surface area contributed by atoms with Crippen molar-refractivity contribution in [3.63, 3.8) is 0 Å². The number of aromatic nitrogens is 1. The summed E-state index contributed by atoms with van der Waals surface area (Å²) in [5, 5.41) is 0. The van der Waals surface area contributed by atoms with Crippen molar-refractivity contribution in [1.29, 1.82) is 0 Å². The Hall–Kier alpha value is -1.98. The van der Waals surface area contributed by atoms with E-state index in [0.717, 1.165) is 16.7 Å². The second-order valence-corrected chi connectivity index (χ2v) is 4.63. The highest BCUT2D eigenvalue weighted by atomic mass is 19.1. The lowest BCUT2D eigenvalue weighted by atomic mass is 9.95. The van der Waals surface area contributed by atoms with Crippen molar-refractivity contribution < 1.29 is 9.13 Å². The van der Waals surface area contributed by atoms with Gasteiger partial charge >= 0.3 is 0 Å². The van der Waals surface area contributed by atoms with E-state index >= 15 is 0 Å². The number of hydrogen-bond acceptors (Lipinski definition) is 4. The average Bonchev–Trinajstić information content (AvgIpc) is 2.45. The second-order valence-electron chi connectivity index (χ2n) is 4.63. The van der Waals surface area contributed by atoms with Crippen LogP contribution in [0.5, 0.6) is 5.75 Å². The number of nitrogens with one attached hydrogen (secondary N) is 1. The zero-order valence-corrected chi connectivity index (χ0v) is 11.8. The third-order valence-electron chi connectivity index (χ3n) is 3.50. The van der Waals surface area contributed by atoms with Crippen LogP contribution in [0.25, 0.3) is 0 Å². The average molecular weight is 275 g/mol. The van der Waals surface area contributed by atoms with E-state index < -0.39 is 11.9 Å². The van der Waals surface area contributed by atoms with Crippen LogP contribution in [0, 0.1) is 19.7 Å². The first kappa shape index (κ1) is 14.4. The summed E-state index contributed by atoms with van der Waals surface area (Å²) in [6.45, 7) is 3.97. The maximum Gasteiger partial charge on any atom is 0.146 e. The maximum atomic E-state index is 13.9.